The second-order valence-electron chi connectivity index (χ2n) is 6.18. The molecule has 2 rings (SSSR count). The number of aliphatic imine (C=N–C) groups is 1. The predicted octanol–water partition coefficient (Wildman–Crippen LogP) is 2.05. The van der Waals surface area contributed by atoms with Gasteiger partial charge in [-0.1, -0.05) is 6.07 Å². The third kappa shape index (κ3) is 5.57. The first-order chi connectivity index (χ1) is 12.5. The fourth-order valence-corrected chi connectivity index (χ4v) is 2.96. The summed E-state index contributed by atoms with van der Waals surface area (Å²) >= 11 is 0. The van der Waals surface area contributed by atoms with E-state index in [4.69, 9.17) is 0 Å². The molecule has 1 aromatic rings. The molecule has 1 aliphatic heterocycles. The Bertz CT molecular complexity index is 619. The van der Waals surface area contributed by atoms with Crippen LogP contribution >= 0.6 is 0 Å². The second-order valence-corrected chi connectivity index (χ2v) is 6.18. The largest absolute Gasteiger partial charge is 0.469 e. The zero-order chi connectivity index (χ0) is 18.9. The van der Waals surface area contributed by atoms with E-state index in [9.17, 15) is 13.6 Å². The van der Waals surface area contributed by atoms with E-state index in [1.54, 1.807) is 11.9 Å². The van der Waals surface area contributed by atoms with E-state index < -0.39 is 11.6 Å². The lowest BCUT2D eigenvalue weighted by Gasteiger charge is -2.21. The van der Waals surface area contributed by atoms with Gasteiger partial charge in [0, 0.05) is 39.1 Å². The van der Waals surface area contributed by atoms with Crippen LogP contribution in [0.2, 0.25) is 0 Å². The topological polar surface area (TPSA) is 66.0 Å². The molecule has 6 nitrogen and oxygen atoms in total. The van der Waals surface area contributed by atoms with Crippen LogP contribution in [0.3, 0.4) is 0 Å². The first kappa shape index (κ1) is 19.9. The van der Waals surface area contributed by atoms with Gasteiger partial charge in [-0.3, -0.25) is 9.79 Å². The van der Waals surface area contributed by atoms with Gasteiger partial charge in [-0.25, -0.2) is 8.78 Å². The molecule has 8 heteroatoms. The summed E-state index contributed by atoms with van der Waals surface area (Å²) in [5, 5.41) is 6.46. The first-order valence-electron chi connectivity index (χ1n) is 8.78. The van der Waals surface area contributed by atoms with Gasteiger partial charge in [-0.2, -0.15) is 0 Å². The molecular weight excluding hydrogens is 342 g/mol. The highest BCUT2D eigenvalue weighted by Crippen LogP contribution is 2.26. The fourth-order valence-electron chi connectivity index (χ4n) is 2.96. The Kier molecular flexibility index (Phi) is 7.62. The Morgan fingerprint density at radius 2 is 2.08 bits per heavy atom. The maximum atomic E-state index is 13.9. The molecule has 0 bridgehead atoms. The molecule has 0 spiro atoms. The zero-order valence-electron chi connectivity index (χ0n) is 15.2. The lowest BCUT2D eigenvalue weighted by atomic mass is 10.2. The van der Waals surface area contributed by atoms with E-state index in [1.165, 1.54) is 25.3 Å². The molecular formula is C18H26F2N4O2. The van der Waals surface area contributed by atoms with E-state index in [0.717, 1.165) is 19.3 Å². The van der Waals surface area contributed by atoms with Crippen LogP contribution in [0.5, 0.6) is 0 Å². The van der Waals surface area contributed by atoms with Crippen molar-refractivity contribution in [1.29, 1.82) is 0 Å². The normalized spacial score (nSPS) is 17.3. The van der Waals surface area contributed by atoms with Crippen molar-refractivity contribution in [3.63, 3.8) is 0 Å². The third-order valence-corrected chi connectivity index (χ3v) is 4.33. The van der Waals surface area contributed by atoms with Gasteiger partial charge in [0.05, 0.1) is 7.11 Å². The number of para-hydroxylation sites is 1. The number of benzene rings is 1. The Morgan fingerprint density at radius 1 is 1.35 bits per heavy atom. The van der Waals surface area contributed by atoms with Crippen molar-refractivity contribution >= 4 is 17.6 Å². The van der Waals surface area contributed by atoms with E-state index in [0.29, 0.717) is 32.0 Å². The Balaban J connectivity index is 1.77. The third-order valence-electron chi connectivity index (χ3n) is 4.33. The van der Waals surface area contributed by atoms with Gasteiger partial charge in [0.15, 0.2) is 5.96 Å². The van der Waals surface area contributed by atoms with Crippen LogP contribution in [0.15, 0.2) is 23.2 Å². The number of carbonyl (C=O) groups is 1. The van der Waals surface area contributed by atoms with Crippen LogP contribution in [0, 0.1) is 11.6 Å². The number of ether oxygens (including phenoxy) is 1. The van der Waals surface area contributed by atoms with E-state index >= 15 is 0 Å². The standard InChI is InChI=1S/C18H26F2N4O2/c1-21-18(22-10-4-3-8-16(25)26-2)23-13-9-11-24(12-13)17-14(19)6-5-7-15(17)20/h5-7,13H,3-4,8-12H2,1-2H3,(H2,21,22,23). The molecule has 0 amide bonds. The summed E-state index contributed by atoms with van der Waals surface area (Å²) in [5.74, 6) is -0.652. The van der Waals surface area contributed by atoms with Crippen molar-refractivity contribution in [3.05, 3.63) is 29.8 Å². The van der Waals surface area contributed by atoms with Gasteiger partial charge in [0.1, 0.15) is 17.3 Å². The molecule has 1 aromatic carbocycles. The number of anilines is 1. The van der Waals surface area contributed by atoms with E-state index in [1.807, 2.05) is 0 Å². The van der Waals surface area contributed by atoms with Crippen LogP contribution in [0.4, 0.5) is 14.5 Å². The fraction of sp³-hybridized carbons (Fsp3) is 0.556. The van der Waals surface area contributed by atoms with Crippen LogP contribution in [0.1, 0.15) is 25.7 Å². The van der Waals surface area contributed by atoms with Crippen molar-refractivity contribution in [2.45, 2.75) is 31.7 Å². The monoisotopic (exact) mass is 368 g/mol. The van der Waals surface area contributed by atoms with Crippen molar-refractivity contribution in [2.24, 2.45) is 4.99 Å². The summed E-state index contributed by atoms with van der Waals surface area (Å²) in [6.45, 7) is 1.75. The molecule has 0 aliphatic carbocycles. The molecule has 144 valence electrons. The minimum absolute atomic E-state index is 0.0301. The number of hydrogen-bond acceptors (Lipinski definition) is 4. The minimum atomic E-state index is -0.543. The minimum Gasteiger partial charge on any atom is -0.469 e. The van der Waals surface area contributed by atoms with Gasteiger partial charge in [-0.05, 0) is 31.4 Å². The maximum Gasteiger partial charge on any atom is 0.305 e. The van der Waals surface area contributed by atoms with Gasteiger partial charge < -0.3 is 20.3 Å². The predicted molar refractivity (Wildman–Crippen MR) is 97.3 cm³/mol. The molecule has 26 heavy (non-hydrogen) atoms. The average Bonchev–Trinajstić information content (AvgIpc) is 3.08. The van der Waals surface area contributed by atoms with Crippen LogP contribution in [-0.2, 0) is 9.53 Å². The number of nitrogens with one attached hydrogen (secondary N) is 2. The number of esters is 1. The summed E-state index contributed by atoms with van der Waals surface area (Å²) in [5.41, 5.74) is 0.0301. The molecule has 1 heterocycles. The number of guanidine groups is 1. The van der Waals surface area contributed by atoms with E-state index in [-0.39, 0.29) is 17.7 Å². The van der Waals surface area contributed by atoms with Crippen LogP contribution < -0.4 is 15.5 Å². The zero-order valence-corrected chi connectivity index (χ0v) is 15.2. The van der Waals surface area contributed by atoms with Crippen LogP contribution in [-0.4, -0.2) is 51.8 Å². The molecule has 0 aromatic heterocycles. The molecule has 1 atom stereocenters. The van der Waals surface area contributed by atoms with Gasteiger partial charge >= 0.3 is 5.97 Å². The summed E-state index contributed by atoms with van der Waals surface area (Å²) < 4.78 is 32.4. The van der Waals surface area contributed by atoms with Gasteiger partial charge in [0.2, 0.25) is 0 Å². The van der Waals surface area contributed by atoms with Crippen LogP contribution in [0.25, 0.3) is 0 Å². The van der Waals surface area contributed by atoms with Gasteiger partial charge in [0.25, 0.3) is 0 Å². The Morgan fingerprint density at radius 3 is 2.73 bits per heavy atom. The number of unbranched alkanes of at least 4 members (excludes halogenated alkanes) is 1. The molecule has 1 saturated heterocycles. The first-order valence-corrected chi connectivity index (χ1v) is 8.78. The Labute approximate surface area is 152 Å². The van der Waals surface area contributed by atoms with Crippen molar-refractivity contribution < 1.29 is 18.3 Å². The highest BCUT2D eigenvalue weighted by molar-refractivity contribution is 5.80. The maximum absolute atomic E-state index is 13.9. The summed E-state index contributed by atoms with van der Waals surface area (Å²) in [6, 6.07) is 3.96. The number of halogens is 2. The number of nitrogens with zero attached hydrogens (tertiary/aromatic N) is 2. The molecule has 1 aliphatic rings. The number of hydrogen-bond donors (Lipinski definition) is 2. The average molecular weight is 368 g/mol. The smallest absolute Gasteiger partial charge is 0.305 e. The second kappa shape index (κ2) is 9.94. The quantitative estimate of drug-likeness (QED) is 0.334. The molecule has 0 saturated carbocycles. The number of rotatable bonds is 7. The molecule has 0 radical (unpaired) electrons. The highest BCUT2D eigenvalue weighted by atomic mass is 19.1. The Hall–Kier alpha value is -2.38. The number of methoxy groups -OCH3 is 1. The highest BCUT2D eigenvalue weighted by Gasteiger charge is 2.27. The van der Waals surface area contributed by atoms with Crippen molar-refractivity contribution in [3.8, 4) is 0 Å². The summed E-state index contributed by atoms with van der Waals surface area (Å²) in [6.07, 6.45) is 2.71. The molecule has 2 N–H and O–H groups in total. The number of carbonyl (C=O) groups excluding carboxylic acids is 1. The van der Waals surface area contributed by atoms with E-state index in [2.05, 4.69) is 20.4 Å². The molecule has 1 unspecified atom stereocenters. The van der Waals surface area contributed by atoms with Crippen molar-refractivity contribution in [2.75, 3.05) is 38.7 Å². The summed E-state index contributed by atoms with van der Waals surface area (Å²) in [4.78, 5) is 16.9. The lowest BCUT2D eigenvalue weighted by molar-refractivity contribution is -0.140. The summed E-state index contributed by atoms with van der Waals surface area (Å²) in [7, 11) is 3.05. The van der Waals surface area contributed by atoms with Crippen molar-refractivity contribution in [1.82, 2.24) is 10.6 Å². The molecule has 1 fully saturated rings. The van der Waals surface area contributed by atoms with Gasteiger partial charge in [-0.15, -0.1) is 0 Å². The SMILES string of the molecule is CN=C(NCCCCC(=O)OC)NC1CCN(c2c(F)cccc2F)C1. The lowest BCUT2D eigenvalue weighted by Crippen LogP contribution is -2.45.